The van der Waals surface area contributed by atoms with E-state index >= 15 is 0 Å². The first-order valence-corrected chi connectivity index (χ1v) is 6.61. The topological polar surface area (TPSA) is 44.1 Å². The lowest BCUT2D eigenvalue weighted by atomic mass is 10.1. The number of nitrogens with zero attached hydrogens (tertiary/aromatic N) is 2. The highest BCUT2D eigenvalue weighted by molar-refractivity contribution is 5.89. The molecule has 1 saturated carbocycles. The van der Waals surface area contributed by atoms with Gasteiger partial charge < -0.3 is 4.74 Å². The van der Waals surface area contributed by atoms with Gasteiger partial charge in [0, 0.05) is 5.56 Å². The molecule has 0 radical (unpaired) electrons. The first-order chi connectivity index (χ1) is 9.29. The smallest absolute Gasteiger partial charge is 0.356 e. The number of hydrogen-bond acceptors (Lipinski definition) is 3. The van der Waals surface area contributed by atoms with E-state index in [2.05, 4.69) is 5.10 Å². The normalized spacial score (nSPS) is 14.4. The Morgan fingerprint density at radius 2 is 2.11 bits per heavy atom. The molecule has 0 atom stereocenters. The molecule has 0 bridgehead atoms. The van der Waals surface area contributed by atoms with Gasteiger partial charge in [-0.25, -0.2) is 4.79 Å². The van der Waals surface area contributed by atoms with Gasteiger partial charge in [-0.2, -0.15) is 5.10 Å². The molecular formula is C15H16N2O2. The zero-order valence-corrected chi connectivity index (χ0v) is 10.9. The summed E-state index contributed by atoms with van der Waals surface area (Å²) < 4.78 is 6.92. The number of aromatic nitrogens is 2. The van der Waals surface area contributed by atoms with Crippen LogP contribution in [0.1, 0.15) is 36.3 Å². The van der Waals surface area contributed by atoms with Crippen molar-refractivity contribution in [2.24, 2.45) is 0 Å². The van der Waals surface area contributed by atoms with Gasteiger partial charge in [0.2, 0.25) is 0 Å². The van der Waals surface area contributed by atoms with Crippen molar-refractivity contribution in [2.75, 3.05) is 6.61 Å². The van der Waals surface area contributed by atoms with Crippen molar-refractivity contribution in [3.8, 4) is 11.3 Å². The summed E-state index contributed by atoms with van der Waals surface area (Å²) in [5.74, 6) is -0.288. The third-order valence-corrected chi connectivity index (χ3v) is 3.18. The molecule has 0 saturated heterocycles. The molecule has 98 valence electrons. The minimum absolute atomic E-state index is 0.288. The molecule has 0 aliphatic heterocycles. The predicted molar refractivity (Wildman–Crippen MR) is 71.9 cm³/mol. The van der Waals surface area contributed by atoms with Crippen LogP contribution in [-0.4, -0.2) is 22.4 Å². The third-order valence-electron chi connectivity index (χ3n) is 3.18. The van der Waals surface area contributed by atoms with Gasteiger partial charge in [0.05, 0.1) is 18.3 Å². The van der Waals surface area contributed by atoms with Crippen LogP contribution in [0.2, 0.25) is 0 Å². The number of esters is 1. The summed E-state index contributed by atoms with van der Waals surface area (Å²) in [4.78, 5) is 12.0. The van der Waals surface area contributed by atoms with Crippen LogP contribution in [0.5, 0.6) is 0 Å². The summed E-state index contributed by atoms with van der Waals surface area (Å²) in [5.41, 5.74) is 2.41. The molecule has 1 aliphatic carbocycles. The van der Waals surface area contributed by atoms with Crippen LogP contribution < -0.4 is 0 Å². The van der Waals surface area contributed by atoms with Gasteiger partial charge in [-0.15, -0.1) is 0 Å². The van der Waals surface area contributed by atoms with Crippen LogP contribution in [0.25, 0.3) is 11.3 Å². The third kappa shape index (κ3) is 2.38. The molecule has 3 rings (SSSR count). The lowest BCUT2D eigenvalue weighted by molar-refractivity contribution is 0.0511. The van der Waals surface area contributed by atoms with E-state index in [0.717, 1.165) is 24.1 Å². The standard InChI is InChI=1S/C15H16N2O2/c1-2-19-15(18)14-10-13(11-6-4-3-5-7-11)16-17(14)12-8-9-12/h3-7,10,12H,2,8-9H2,1H3. The first kappa shape index (κ1) is 12.0. The summed E-state index contributed by atoms with van der Waals surface area (Å²) in [5, 5.41) is 4.56. The van der Waals surface area contributed by atoms with Crippen LogP contribution in [-0.2, 0) is 4.74 Å². The van der Waals surface area contributed by atoms with Crippen molar-refractivity contribution in [2.45, 2.75) is 25.8 Å². The summed E-state index contributed by atoms with van der Waals surface area (Å²) in [6.45, 7) is 2.20. The SMILES string of the molecule is CCOC(=O)c1cc(-c2ccccc2)nn1C1CC1. The molecule has 1 aromatic carbocycles. The van der Waals surface area contributed by atoms with E-state index in [1.807, 2.05) is 48.0 Å². The molecule has 4 heteroatoms. The molecule has 0 unspecified atom stereocenters. The Hall–Kier alpha value is -2.10. The fraction of sp³-hybridized carbons (Fsp3) is 0.333. The van der Waals surface area contributed by atoms with Crippen LogP contribution in [0.3, 0.4) is 0 Å². The molecule has 1 aromatic heterocycles. The number of rotatable bonds is 4. The Labute approximate surface area is 112 Å². The maximum Gasteiger partial charge on any atom is 0.356 e. The van der Waals surface area contributed by atoms with Gasteiger partial charge in [-0.3, -0.25) is 4.68 Å². The molecule has 2 aromatic rings. The summed E-state index contributed by atoms with van der Waals surface area (Å²) in [7, 11) is 0. The zero-order valence-electron chi connectivity index (χ0n) is 10.9. The monoisotopic (exact) mass is 256 g/mol. The molecule has 0 amide bonds. The van der Waals surface area contributed by atoms with Crippen molar-refractivity contribution in [3.63, 3.8) is 0 Å². The van der Waals surface area contributed by atoms with Crippen LogP contribution in [0.4, 0.5) is 0 Å². The maximum absolute atomic E-state index is 12.0. The number of carbonyl (C=O) groups excluding carboxylic acids is 1. The van der Waals surface area contributed by atoms with Gasteiger partial charge in [0.15, 0.2) is 0 Å². The number of benzene rings is 1. The van der Waals surface area contributed by atoms with Crippen molar-refractivity contribution in [1.82, 2.24) is 9.78 Å². The van der Waals surface area contributed by atoms with Crippen molar-refractivity contribution < 1.29 is 9.53 Å². The molecule has 0 spiro atoms. The fourth-order valence-corrected chi connectivity index (χ4v) is 2.10. The highest BCUT2D eigenvalue weighted by atomic mass is 16.5. The largest absolute Gasteiger partial charge is 0.461 e. The van der Waals surface area contributed by atoms with E-state index in [4.69, 9.17) is 4.74 Å². The number of hydrogen-bond donors (Lipinski definition) is 0. The first-order valence-electron chi connectivity index (χ1n) is 6.61. The Morgan fingerprint density at radius 3 is 2.74 bits per heavy atom. The van der Waals surface area contributed by atoms with E-state index in [1.165, 1.54) is 0 Å². The average Bonchev–Trinajstić information content (AvgIpc) is 3.19. The van der Waals surface area contributed by atoms with Gasteiger partial charge in [-0.05, 0) is 25.8 Å². The molecule has 0 N–H and O–H groups in total. The van der Waals surface area contributed by atoms with E-state index in [-0.39, 0.29) is 5.97 Å². The second-order valence-electron chi connectivity index (χ2n) is 4.68. The van der Waals surface area contributed by atoms with E-state index < -0.39 is 0 Å². The second kappa shape index (κ2) is 4.88. The molecule has 1 fully saturated rings. The Balaban J connectivity index is 1.99. The average molecular weight is 256 g/mol. The molecule has 4 nitrogen and oxygen atoms in total. The lowest BCUT2D eigenvalue weighted by Crippen LogP contribution is -2.12. The molecule has 19 heavy (non-hydrogen) atoms. The lowest BCUT2D eigenvalue weighted by Gasteiger charge is -2.04. The molecule has 1 aliphatic rings. The molecule has 1 heterocycles. The van der Waals surface area contributed by atoms with Crippen LogP contribution in [0, 0.1) is 0 Å². The van der Waals surface area contributed by atoms with Crippen LogP contribution >= 0.6 is 0 Å². The quantitative estimate of drug-likeness (QED) is 0.790. The van der Waals surface area contributed by atoms with Gasteiger partial charge in [0.25, 0.3) is 0 Å². The summed E-state index contributed by atoms with van der Waals surface area (Å²) in [6.07, 6.45) is 2.17. The Morgan fingerprint density at radius 1 is 1.37 bits per heavy atom. The van der Waals surface area contributed by atoms with Crippen molar-refractivity contribution >= 4 is 5.97 Å². The zero-order chi connectivity index (χ0) is 13.2. The minimum atomic E-state index is -0.288. The minimum Gasteiger partial charge on any atom is -0.461 e. The van der Waals surface area contributed by atoms with Crippen molar-refractivity contribution in [1.29, 1.82) is 0 Å². The van der Waals surface area contributed by atoms with Gasteiger partial charge >= 0.3 is 5.97 Å². The summed E-state index contributed by atoms with van der Waals surface area (Å²) >= 11 is 0. The van der Waals surface area contributed by atoms with E-state index in [9.17, 15) is 4.79 Å². The van der Waals surface area contributed by atoms with Crippen molar-refractivity contribution in [3.05, 3.63) is 42.1 Å². The van der Waals surface area contributed by atoms with Gasteiger partial charge in [0.1, 0.15) is 5.69 Å². The highest BCUT2D eigenvalue weighted by Crippen LogP contribution is 2.36. The fourth-order valence-electron chi connectivity index (χ4n) is 2.10. The van der Waals surface area contributed by atoms with E-state index in [1.54, 1.807) is 0 Å². The Kier molecular flexibility index (Phi) is 3.07. The number of ether oxygens (including phenoxy) is 1. The molecular weight excluding hydrogens is 240 g/mol. The second-order valence-corrected chi connectivity index (χ2v) is 4.68. The van der Waals surface area contributed by atoms with Gasteiger partial charge in [-0.1, -0.05) is 30.3 Å². The van der Waals surface area contributed by atoms with E-state index in [0.29, 0.717) is 18.3 Å². The Bertz CT molecular complexity index is 585. The maximum atomic E-state index is 12.0. The number of carbonyl (C=O) groups is 1. The van der Waals surface area contributed by atoms with Crippen LogP contribution in [0.15, 0.2) is 36.4 Å². The highest BCUT2D eigenvalue weighted by Gasteiger charge is 2.30. The predicted octanol–water partition coefficient (Wildman–Crippen LogP) is 3.06. The summed E-state index contributed by atoms with van der Waals surface area (Å²) in [6, 6.07) is 12.1.